The summed E-state index contributed by atoms with van der Waals surface area (Å²) in [6.45, 7) is 2.27. The average molecular weight is 402 g/mol. The highest BCUT2D eigenvalue weighted by atomic mass is 16.5. The van der Waals surface area contributed by atoms with E-state index in [1.807, 2.05) is 61.5 Å². The molecule has 0 saturated carbocycles. The number of esters is 1. The lowest BCUT2D eigenvalue weighted by Crippen LogP contribution is -2.38. The number of fused-ring (bicyclic) bond motifs is 1. The van der Waals surface area contributed by atoms with Crippen LogP contribution in [0.1, 0.15) is 23.7 Å². The van der Waals surface area contributed by atoms with E-state index in [0.29, 0.717) is 12.2 Å². The highest BCUT2D eigenvalue weighted by Crippen LogP contribution is 2.31. The van der Waals surface area contributed by atoms with E-state index in [1.165, 1.54) is 12.2 Å². The molecule has 30 heavy (non-hydrogen) atoms. The zero-order chi connectivity index (χ0) is 20.9. The Kier molecular flexibility index (Phi) is 5.70. The molecule has 1 aliphatic heterocycles. The molecule has 1 amide bonds. The van der Waals surface area contributed by atoms with Crippen molar-refractivity contribution >= 4 is 23.6 Å². The van der Waals surface area contributed by atoms with E-state index in [4.69, 9.17) is 4.74 Å². The van der Waals surface area contributed by atoms with Gasteiger partial charge in [0.05, 0.1) is 12.7 Å². The first-order chi connectivity index (χ1) is 14.6. The Labute approximate surface area is 174 Å². The summed E-state index contributed by atoms with van der Waals surface area (Å²) in [4.78, 5) is 26.3. The summed E-state index contributed by atoms with van der Waals surface area (Å²) < 4.78 is 6.82. The van der Waals surface area contributed by atoms with Crippen LogP contribution in [0.2, 0.25) is 0 Å². The summed E-state index contributed by atoms with van der Waals surface area (Å²) in [6, 6.07) is 17.7. The molecule has 0 aliphatic carbocycles. The minimum Gasteiger partial charge on any atom is -0.452 e. The summed E-state index contributed by atoms with van der Waals surface area (Å²) >= 11 is 0. The topological polar surface area (TPSA) is 77.3 Å². The first-order valence-corrected chi connectivity index (χ1v) is 9.79. The first-order valence-electron chi connectivity index (χ1n) is 9.79. The second-order valence-corrected chi connectivity index (χ2v) is 7.21. The van der Waals surface area contributed by atoms with Gasteiger partial charge < -0.3 is 9.64 Å². The van der Waals surface area contributed by atoms with Crippen LogP contribution in [0.15, 0.2) is 66.9 Å². The van der Waals surface area contributed by atoms with Gasteiger partial charge in [0.15, 0.2) is 6.61 Å². The SMILES string of the molecule is C[C@@H]1Cc2ccccc2N1C(=O)COC(=O)/C=C/c1cn(Cc2ccccc2)nn1. The number of aromatic nitrogens is 3. The van der Waals surface area contributed by atoms with Crippen LogP contribution >= 0.6 is 0 Å². The van der Waals surface area contributed by atoms with Crippen LogP contribution in [0.25, 0.3) is 6.08 Å². The van der Waals surface area contributed by atoms with Gasteiger partial charge in [-0.05, 0) is 36.6 Å². The molecule has 7 heteroatoms. The molecule has 3 aromatic rings. The van der Waals surface area contributed by atoms with Gasteiger partial charge in [0.1, 0.15) is 5.69 Å². The van der Waals surface area contributed by atoms with Gasteiger partial charge in [0, 0.05) is 17.8 Å². The molecule has 4 rings (SSSR count). The van der Waals surface area contributed by atoms with Crippen molar-refractivity contribution in [2.24, 2.45) is 0 Å². The van der Waals surface area contributed by atoms with Crippen LogP contribution in [0.5, 0.6) is 0 Å². The van der Waals surface area contributed by atoms with Crippen LogP contribution in [0, 0.1) is 0 Å². The lowest BCUT2D eigenvalue weighted by molar-refractivity contribution is -0.143. The fraction of sp³-hybridized carbons (Fsp3) is 0.217. The predicted molar refractivity (Wildman–Crippen MR) is 113 cm³/mol. The van der Waals surface area contributed by atoms with Crippen molar-refractivity contribution in [1.82, 2.24) is 15.0 Å². The minimum atomic E-state index is -0.596. The molecule has 1 atom stereocenters. The zero-order valence-corrected chi connectivity index (χ0v) is 16.6. The maximum atomic E-state index is 12.6. The molecule has 2 aromatic carbocycles. The van der Waals surface area contributed by atoms with Gasteiger partial charge >= 0.3 is 5.97 Å². The van der Waals surface area contributed by atoms with Gasteiger partial charge in [-0.1, -0.05) is 53.7 Å². The normalized spacial score (nSPS) is 15.4. The molecule has 0 saturated heterocycles. The van der Waals surface area contributed by atoms with Crippen molar-refractivity contribution in [2.75, 3.05) is 11.5 Å². The van der Waals surface area contributed by atoms with Gasteiger partial charge in [-0.2, -0.15) is 0 Å². The summed E-state index contributed by atoms with van der Waals surface area (Å²) in [6.07, 6.45) is 5.32. The Morgan fingerprint density at radius 3 is 2.73 bits per heavy atom. The molecule has 0 fully saturated rings. The number of amides is 1. The predicted octanol–water partition coefficient (Wildman–Crippen LogP) is 2.86. The van der Waals surface area contributed by atoms with Crippen LogP contribution < -0.4 is 4.90 Å². The number of carbonyl (C=O) groups is 2. The summed E-state index contributed by atoms with van der Waals surface area (Å²) in [5.41, 5.74) is 3.66. The highest BCUT2D eigenvalue weighted by Gasteiger charge is 2.30. The van der Waals surface area contributed by atoms with E-state index in [2.05, 4.69) is 10.3 Å². The van der Waals surface area contributed by atoms with E-state index >= 15 is 0 Å². The molecule has 0 spiro atoms. The second kappa shape index (κ2) is 8.73. The Morgan fingerprint density at radius 2 is 1.90 bits per heavy atom. The summed E-state index contributed by atoms with van der Waals surface area (Å²) in [5.74, 6) is -0.830. The average Bonchev–Trinajstić information content (AvgIpc) is 3.34. The third kappa shape index (κ3) is 4.46. The number of rotatable bonds is 6. The van der Waals surface area contributed by atoms with Crippen LogP contribution in [-0.4, -0.2) is 39.5 Å². The Bertz CT molecular complexity index is 1070. The van der Waals surface area contributed by atoms with E-state index in [9.17, 15) is 9.59 Å². The number of hydrogen-bond donors (Lipinski definition) is 0. The molecule has 7 nitrogen and oxygen atoms in total. The molecule has 1 aliphatic rings. The van der Waals surface area contributed by atoms with Crippen LogP contribution in [-0.2, 0) is 27.3 Å². The fourth-order valence-electron chi connectivity index (χ4n) is 3.59. The van der Waals surface area contributed by atoms with E-state index < -0.39 is 5.97 Å². The van der Waals surface area contributed by atoms with Crippen molar-refractivity contribution in [3.63, 3.8) is 0 Å². The molecule has 152 valence electrons. The molecular formula is C23H22N4O3. The molecule has 1 aromatic heterocycles. The highest BCUT2D eigenvalue weighted by molar-refractivity contribution is 5.98. The van der Waals surface area contributed by atoms with E-state index in [-0.39, 0.29) is 18.6 Å². The standard InChI is InChI=1S/C23H22N4O3/c1-17-13-19-9-5-6-10-21(19)27(17)22(28)16-30-23(29)12-11-20-15-26(25-24-20)14-18-7-3-2-4-8-18/h2-12,15,17H,13-14,16H2,1H3/b12-11+/t17-/m1/s1. The maximum Gasteiger partial charge on any atom is 0.331 e. The Balaban J connectivity index is 1.30. The van der Waals surface area contributed by atoms with Crippen molar-refractivity contribution in [3.8, 4) is 0 Å². The number of para-hydroxylation sites is 1. The lowest BCUT2D eigenvalue weighted by Gasteiger charge is -2.22. The van der Waals surface area contributed by atoms with E-state index in [1.54, 1.807) is 15.8 Å². The number of hydrogen-bond acceptors (Lipinski definition) is 5. The quantitative estimate of drug-likeness (QED) is 0.468. The molecule has 0 N–H and O–H groups in total. The Hall–Kier alpha value is -3.74. The molecule has 0 unspecified atom stereocenters. The largest absolute Gasteiger partial charge is 0.452 e. The summed E-state index contributed by atoms with van der Waals surface area (Å²) in [7, 11) is 0. The molecule has 2 heterocycles. The summed E-state index contributed by atoms with van der Waals surface area (Å²) in [5, 5.41) is 8.07. The molecule has 0 radical (unpaired) electrons. The van der Waals surface area contributed by atoms with Crippen molar-refractivity contribution in [3.05, 3.63) is 83.7 Å². The zero-order valence-electron chi connectivity index (χ0n) is 16.6. The smallest absolute Gasteiger partial charge is 0.331 e. The molecule has 0 bridgehead atoms. The minimum absolute atomic E-state index is 0.0452. The van der Waals surface area contributed by atoms with Gasteiger partial charge in [-0.3, -0.25) is 4.79 Å². The number of ether oxygens (including phenoxy) is 1. The number of benzene rings is 2. The third-order valence-corrected chi connectivity index (χ3v) is 4.95. The second-order valence-electron chi connectivity index (χ2n) is 7.21. The number of nitrogens with zero attached hydrogens (tertiary/aromatic N) is 4. The number of anilines is 1. The van der Waals surface area contributed by atoms with E-state index in [0.717, 1.165) is 23.2 Å². The van der Waals surface area contributed by atoms with Crippen molar-refractivity contribution < 1.29 is 14.3 Å². The lowest BCUT2D eigenvalue weighted by atomic mass is 10.1. The molecular weight excluding hydrogens is 380 g/mol. The monoisotopic (exact) mass is 402 g/mol. The van der Waals surface area contributed by atoms with Crippen LogP contribution in [0.4, 0.5) is 5.69 Å². The van der Waals surface area contributed by atoms with Gasteiger partial charge in [-0.15, -0.1) is 5.10 Å². The fourth-order valence-corrected chi connectivity index (χ4v) is 3.59. The van der Waals surface area contributed by atoms with Crippen molar-refractivity contribution in [2.45, 2.75) is 25.9 Å². The van der Waals surface area contributed by atoms with Gasteiger partial charge in [0.2, 0.25) is 0 Å². The van der Waals surface area contributed by atoms with Gasteiger partial charge in [-0.25, -0.2) is 9.48 Å². The number of carbonyl (C=O) groups excluding carboxylic acids is 2. The Morgan fingerprint density at radius 1 is 1.13 bits per heavy atom. The first kappa shape index (κ1) is 19.6. The van der Waals surface area contributed by atoms with Gasteiger partial charge in [0.25, 0.3) is 5.91 Å². The third-order valence-electron chi connectivity index (χ3n) is 4.95. The maximum absolute atomic E-state index is 12.6. The van der Waals surface area contributed by atoms with Crippen LogP contribution in [0.3, 0.4) is 0 Å². The van der Waals surface area contributed by atoms with Crippen molar-refractivity contribution in [1.29, 1.82) is 0 Å².